The first-order chi connectivity index (χ1) is 8.68. The Labute approximate surface area is 142 Å². The monoisotopic (exact) mass is 368 g/mol. The first kappa shape index (κ1) is 20.5. The van der Waals surface area contributed by atoms with Crippen molar-refractivity contribution in [3.05, 3.63) is 22.1 Å². The minimum atomic E-state index is -1.45. The van der Waals surface area contributed by atoms with Crippen molar-refractivity contribution in [1.29, 1.82) is 0 Å². The van der Waals surface area contributed by atoms with Gasteiger partial charge in [0.05, 0.1) is 0 Å². The minimum absolute atomic E-state index is 0. The van der Waals surface area contributed by atoms with E-state index in [-0.39, 0.29) is 24.8 Å². The van der Waals surface area contributed by atoms with E-state index in [0.29, 0.717) is 11.8 Å². The van der Waals surface area contributed by atoms with E-state index in [1.807, 2.05) is 0 Å². The number of nitrogens with one attached hydrogen (secondary N) is 1. The second-order valence-electron chi connectivity index (χ2n) is 5.72. The van der Waals surface area contributed by atoms with Crippen molar-refractivity contribution in [3.8, 4) is 0 Å². The summed E-state index contributed by atoms with van der Waals surface area (Å²) in [7, 11) is 0. The van der Waals surface area contributed by atoms with Gasteiger partial charge in [-0.2, -0.15) is 0 Å². The molecule has 0 atom stereocenters. The third-order valence-electron chi connectivity index (χ3n) is 3.93. The molecule has 6 heteroatoms. The summed E-state index contributed by atoms with van der Waals surface area (Å²) in [5.74, 6) is 0.711. The van der Waals surface area contributed by atoms with Crippen LogP contribution in [0.2, 0.25) is 13.1 Å². The molecule has 0 aromatic rings. The predicted octanol–water partition coefficient (Wildman–Crippen LogP) is -2.95. The van der Waals surface area contributed by atoms with Crippen LogP contribution in [-0.2, 0) is 22.2 Å². The SMILES string of the molecule is C[SiH](C)[Ti+2]([NH]C(=O)C1CCCCC1)[C]1=CC=CC1.[Cl-].[Cl-]. The van der Waals surface area contributed by atoms with Gasteiger partial charge in [-0.25, -0.2) is 0 Å². The zero-order valence-electron chi connectivity index (χ0n) is 12.3. The van der Waals surface area contributed by atoms with Crippen molar-refractivity contribution in [2.45, 2.75) is 51.6 Å². The Morgan fingerprint density at radius 2 is 1.90 bits per heavy atom. The molecule has 0 heterocycles. The Balaban J connectivity index is 0.00000180. The van der Waals surface area contributed by atoms with Crippen molar-refractivity contribution in [3.63, 3.8) is 0 Å². The fourth-order valence-electron chi connectivity index (χ4n) is 2.84. The van der Waals surface area contributed by atoms with Gasteiger partial charge in [0.1, 0.15) is 0 Å². The number of hydrogen-bond acceptors (Lipinski definition) is 1. The summed E-state index contributed by atoms with van der Waals surface area (Å²) >= 11 is -1.45. The molecule has 1 N–H and O–H groups in total. The third-order valence-corrected chi connectivity index (χ3v) is 15.1. The summed E-state index contributed by atoms with van der Waals surface area (Å²) < 4.78 is 5.09. The maximum atomic E-state index is 12.4. The van der Waals surface area contributed by atoms with Crippen LogP contribution in [0.25, 0.3) is 0 Å². The molecule has 1 fully saturated rings. The second kappa shape index (κ2) is 10.2. The molecule has 1 amide bonds. The fourth-order valence-corrected chi connectivity index (χ4v) is 12.1. The molecule has 0 bridgehead atoms. The Morgan fingerprint density at radius 1 is 1.25 bits per heavy atom. The molecule has 0 aromatic carbocycles. The van der Waals surface area contributed by atoms with Gasteiger partial charge < -0.3 is 24.8 Å². The van der Waals surface area contributed by atoms with Crippen LogP contribution in [-0.4, -0.2) is 12.6 Å². The number of allylic oxidation sites excluding steroid dienone is 4. The van der Waals surface area contributed by atoms with E-state index < -0.39 is 24.0 Å². The Bertz CT molecular complexity index is 368. The van der Waals surface area contributed by atoms with E-state index in [9.17, 15) is 4.79 Å². The van der Waals surface area contributed by atoms with Gasteiger partial charge in [0, 0.05) is 0 Å². The minimum Gasteiger partial charge on any atom is -1.00 e. The van der Waals surface area contributed by atoms with Crippen LogP contribution in [0.5, 0.6) is 0 Å². The van der Waals surface area contributed by atoms with E-state index in [0.717, 1.165) is 19.3 Å². The van der Waals surface area contributed by atoms with Crippen LogP contribution < -0.4 is 28.6 Å². The first-order valence-corrected chi connectivity index (χ1v) is 14.4. The molecule has 2 rings (SSSR count). The van der Waals surface area contributed by atoms with Crippen LogP contribution in [0.3, 0.4) is 0 Å². The smallest absolute Gasteiger partial charge is 1.00 e. The number of amides is 1. The van der Waals surface area contributed by atoms with E-state index in [2.05, 4.69) is 35.1 Å². The molecule has 0 aromatic heterocycles. The van der Waals surface area contributed by atoms with Crippen molar-refractivity contribution in [2.75, 3.05) is 0 Å². The molecule has 0 unspecified atom stereocenters. The summed E-state index contributed by atoms with van der Waals surface area (Å²) in [5.41, 5.74) is 0. The quantitative estimate of drug-likeness (QED) is 0.528. The van der Waals surface area contributed by atoms with Gasteiger partial charge in [-0.05, 0) is 0 Å². The van der Waals surface area contributed by atoms with Crippen LogP contribution in [0.15, 0.2) is 22.1 Å². The van der Waals surface area contributed by atoms with Crippen molar-refractivity contribution < 1.29 is 47.0 Å². The van der Waals surface area contributed by atoms with Crippen LogP contribution in [0.1, 0.15) is 38.5 Å². The average molecular weight is 369 g/mol. The number of carbonyl (C=O) groups excluding carboxylic acids is 1. The fraction of sp³-hybridized carbons (Fsp3) is 0.643. The Kier molecular flexibility index (Phi) is 10.5. The van der Waals surface area contributed by atoms with Gasteiger partial charge in [-0.3, -0.25) is 0 Å². The average Bonchev–Trinajstić information content (AvgIpc) is 2.90. The zero-order valence-corrected chi connectivity index (χ0v) is 16.5. The summed E-state index contributed by atoms with van der Waals surface area (Å²) in [6.07, 6.45) is 13.8. The number of hydrogen-bond donors (Lipinski definition) is 1. The molecule has 20 heavy (non-hydrogen) atoms. The summed E-state index contributed by atoms with van der Waals surface area (Å²) in [4.78, 5) is 12.4. The number of rotatable bonds is 4. The molecular weight excluding hydrogens is 345 g/mol. The van der Waals surface area contributed by atoms with E-state index >= 15 is 0 Å². The largest absolute Gasteiger partial charge is 1.00 e. The Morgan fingerprint density at radius 3 is 2.40 bits per heavy atom. The molecule has 113 valence electrons. The van der Waals surface area contributed by atoms with Crippen LogP contribution in [0, 0.1) is 5.92 Å². The molecule has 0 saturated heterocycles. The van der Waals surface area contributed by atoms with Gasteiger partial charge in [-0.1, -0.05) is 0 Å². The molecule has 2 aliphatic carbocycles. The maximum Gasteiger partial charge on any atom is -1.00 e. The molecule has 1 saturated carbocycles. The van der Waals surface area contributed by atoms with Crippen molar-refractivity contribution >= 4 is 12.6 Å². The topological polar surface area (TPSA) is 29.1 Å². The van der Waals surface area contributed by atoms with E-state index in [4.69, 9.17) is 0 Å². The summed E-state index contributed by atoms with van der Waals surface area (Å²) in [6, 6.07) is 0. The predicted molar refractivity (Wildman–Crippen MR) is 75.4 cm³/mol. The zero-order chi connectivity index (χ0) is 13.0. The van der Waals surface area contributed by atoms with E-state index in [1.54, 1.807) is 3.88 Å². The van der Waals surface area contributed by atoms with Gasteiger partial charge in [0.2, 0.25) is 0 Å². The molecule has 2 aliphatic rings. The molecule has 2 nitrogen and oxygen atoms in total. The van der Waals surface area contributed by atoms with Crippen molar-refractivity contribution in [1.82, 2.24) is 3.80 Å². The first-order valence-electron chi connectivity index (χ1n) is 7.22. The standard InChI is InChI=1S/C7H13NO.C5H5.C2H7Si.2ClH.Ti/c8-7(9)6-4-2-1-3-5-6;1-2-4-5-3-1;1-3-2;;;/h6H,1-5H2,(H2,8,9);1-3H,4H2;3H,1-2H3;2*1H;/q;;;;;+3/p-3. The molecule has 0 radical (unpaired) electrons. The van der Waals surface area contributed by atoms with Gasteiger partial charge in [0.15, 0.2) is 0 Å². The summed E-state index contributed by atoms with van der Waals surface area (Å²) in [5, 5.41) is 0. The van der Waals surface area contributed by atoms with Gasteiger partial charge in [0.25, 0.3) is 0 Å². The second-order valence-corrected chi connectivity index (χ2v) is 18.5. The van der Waals surface area contributed by atoms with E-state index in [1.165, 1.54) is 19.3 Å². The maximum absolute atomic E-state index is 12.4. The Hall–Kier alpha value is 0.461. The van der Waals surface area contributed by atoms with Crippen molar-refractivity contribution in [2.24, 2.45) is 5.92 Å². The normalized spacial score (nSPS) is 18.1. The summed E-state index contributed by atoms with van der Waals surface area (Å²) in [6.45, 7) is 4.07. The van der Waals surface area contributed by atoms with Crippen LogP contribution in [0.4, 0.5) is 0 Å². The van der Waals surface area contributed by atoms with Gasteiger partial charge in [-0.15, -0.1) is 0 Å². The van der Waals surface area contributed by atoms with Crippen LogP contribution >= 0.6 is 0 Å². The third kappa shape index (κ3) is 5.69. The molecular formula is C14H24Cl2NOSiTi. The molecule has 0 spiro atoms. The number of carbonyl (C=O) groups is 1. The molecule has 0 aliphatic heterocycles. The number of halogens is 2. The van der Waals surface area contributed by atoms with Gasteiger partial charge >= 0.3 is 118 Å².